The first-order valence-electron chi connectivity index (χ1n) is 7.01. The maximum Gasteiger partial charge on any atom is 0.300 e. The van der Waals surface area contributed by atoms with Gasteiger partial charge in [-0.2, -0.15) is 0 Å². The van der Waals surface area contributed by atoms with E-state index in [1.54, 1.807) is 6.07 Å². The molecule has 3 rings (SSSR count). The van der Waals surface area contributed by atoms with Gasteiger partial charge in [-0.25, -0.2) is 4.63 Å². The van der Waals surface area contributed by atoms with Gasteiger partial charge in [0.25, 0.3) is 0 Å². The molecule has 0 radical (unpaired) electrons. The molecule has 1 aromatic carbocycles. The van der Waals surface area contributed by atoms with Gasteiger partial charge in [0.1, 0.15) is 0 Å². The lowest BCUT2D eigenvalue weighted by atomic mass is 10.1. The average Bonchev–Trinajstić information content (AvgIpc) is 2.98. The summed E-state index contributed by atoms with van der Waals surface area (Å²) in [6.07, 6.45) is 4.61. The Morgan fingerprint density at radius 2 is 2.19 bits per heavy atom. The van der Waals surface area contributed by atoms with Crippen LogP contribution in [0.15, 0.2) is 16.8 Å². The lowest BCUT2D eigenvalue weighted by Gasteiger charge is -2.22. The first kappa shape index (κ1) is 13.7. The number of nitro groups is 1. The number of nitro benzene ring substituents is 1. The summed E-state index contributed by atoms with van der Waals surface area (Å²) >= 11 is 0. The summed E-state index contributed by atoms with van der Waals surface area (Å²) in [6.45, 7) is 1.55. The highest BCUT2D eigenvalue weighted by Gasteiger charge is 2.20. The van der Waals surface area contributed by atoms with Crippen LogP contribution in [0.25, 0.3) is 11.0 Å². The number of hydrogen-bond acceptors (Lipinski definition) is 7. The van der Waals surface area contributed by atoms with Gasteiger partial charge in [-0.15, -0.1) is 0 Å². The molecule has 1 aliphatic rings. The predicted octanol–water partition coefficient (Wildman–Crippen LogP) is 2.50. The quantitative estimate of drug-likeness (QED) is 0.667. The molecule has 2 aromatic rings. The fraction of sp³-hybridized carbons (Fsp3) is 0.538. The van der Waals surface area contributed by atoms with Gasteiger partial charge in [-0.1, -0.05) is 0 Å². The fourth-order valence-electron chi connectivity index (χ4n) is 2.55. The molecule has 0 bridgehead atoms. The van der Waals surface area contributed by atoms with Crippen molar-refractivity contribution >= 4 is 22.4 Å². The van der Waals surface area contributed by atoms with Crippen LogP contribution in [0, 0.1) is 10.1 Å². The number of nitrogens with zero attached hydrogens (tertiary/aromatic N) is 3. The van der Waals surface area contributed by atoms with Crippen LogP contribution in [0.2, 0.25) is 0 Å². The summed E-state index contributed by atoms with van der Waals surface area (Å²) in [5.41, 5.74) is 1.13. The van der Waals surface area contributed by atoms with E-state index in [0.717, 1.165) is 25.9 Å². The fourth-order valence-corrected chi connectivity index (χ4v) is 2.55. The van der Waals surface area contributed by atoms with Gasteiger partial charge in [-0.3, -0.25) is 10.1 Å². The van der Waals surface area contributed by atoms with E-state index >= 15 is 0 Å². The van der Waals surface area contributed by atoms with Crippen LogP contribution in [0.1, 0.15) is 25.7 Å². The van der Waals surface area contributed by atoms with E-state index in [2.05, 4.69) is 20.3 Å². The Kier molecular flexibility index (Phi) is 3.96. The van der Waals surface area contributed by atoms with Gasteiger partial charge < -0.3 is 10.1 Å². The smallest absolute Gasteiger partial charge is 0.300 e. The molecular weight excluding hydrogens is 276 g/mol. The molecule has 1 unspecified atom stereocenters. The van der Waals surface area contributed by atoms with Gasteiger partial charge in [0.05, 0.1) is 16.7 Å². The Morgan fingerprint density at radius 3 is 2.95 bits per heavy atom. The number of benzene rings is 1. The van der Waals surface area contributed by atoms with Crippen molar-refractivity contribution in [3.05, 3.63) is 22.2 Å². The highest BCUT2D eigenvalue weighted by molar-refractivity contribution is 5.93. The van der Waals surface area contributed by atoms with E-state index in [1.807, 2.05) is 0 Å². The molecule has 112 valence electrons. The summed E-state index contributed by atoms with van der Waals surface area (Å²) < 4.78 is 10.3. The van der Waals surface area contributed by atoms with Gasteiger partial charge in [0.2, 0.25) is 5.52 Å². The molecule has 1 aliphatic heterocycles. The first-order chi connectivity index (χ1) is 10.3. The van der Waals surface area contributed by atoms with Crippen molar-refractivity contribution in [1.29, 1.82) is 0 Å². The number of anilines is 1. The number of aromatic nitrogens is 2. The Morgan fingerprint density at radius 1 is 1.33 bits per heavy atom. The third-order valence-electron chi connectivity index (χ3n) is 3.65. The second-order valence-corrected chi connectivity index (χ2v) is 5.05. The molecule has 8 heteroatoms. The zero-order valence-electron chi connectivity index (χ0n) is 11.4. The van der Waals surface area contributed by atoms with Crippen molar-refractivity contribution in [2.45, 2.75) is 31.8 Å². The molecule has 1 aromatic heterocycles. The molecule has 1 N–H and O–H groups in total. The van der Waals surface area contributed by atoms with Crippen molar-refractivity contribution < 1.29 is 14.3 Å². The molecule has 1 fully saturated rings. The molecule has 0 spiro atoms. The van der Waals surface area contributed by atoms with Crippen LogP contribution in [0.4, 0.5) is 11.4 Å². The molecule has 8 nitrogen and oxygen atoms in total. The Bertz CT molecular complexity index is 636. The van der Waals surface area contributed by atoms with Crippen molar-refractivity contribution in [2.24, 2.45) is 0 Å². The average molecular weight is 292 g/mol. The number of fused-ring (bicyclic) bond motifs is 1. The molecule has 0 amide bonds. The maximum atomic E-state index is 10.9. The molecule has 0 aliphatic carbocycles. The van der Waals surface area contributed by atoms with E-state index in [9.17, 15) is 10.1 Å². The zero-order valence-corrected chi connectivity index (χ0v) is 11.4. The number of ether oxygens (including phenoxy) is 1. The summed E-state index contributed by atoms with van der Waals surface area (Å²) in [5, 5.41) is 21.5. The van der Waals surface area contributed by atoms with Crippen LogP contribution in [0.3, 0.4) is 0 Å². The van der Waals surface area contributed by atoms with Gasteiger partial charge in [0, 0.05) is 19.2 Å². The minimum Gasteiger partial charge on any atom is -0.383 e. The third-order valence-corrected chi connectivity index (χ3v) is 3.65. The normalized spacial score (nSPS) is 18.8. The highest BCUT2D eigenvalue weighted by atomic mass is 16.6. The van der Waals surface area contributed by atoms with Gasteiger partial charge in [0.15, 0.2) is 5.52 Å². The summed E-state index contributed by atoms with van der Waals surface area (Å²) in [5.74, 6) is 0. The first-order valence-corrected chi connectivity index (χ1v) is 7.01. The second-order valence-electron chi connectivity index (χ2n) is 5.05. The SMILES string of the molecule is O=[N+]([O-])c1ccc(NCCC2CCCCO2)c2nonc12. The summed E-state index contributed by atoms with van der Waals surface area (Å²) in [4.78, 5) is 10.4. The van der Waals surface area contributed by atoms with Crippen LogP contribution in [0.5, 0.6) is 0 Å². The van der Waals surface area contributed by atoms with Crippen molar-refractivity contribution in [1.82, 2.24) is 10.3 Å². The Hall–Kier alpha value is -2.22. The number of non-ortho nitro benzene ring substituents is 1. The summed E-state index contributed by atoms with van der Waals surface area (Å²) in [6, 6.07) is 3.04. The molecule has 0 saturated carbocycles. The van der Waals surface area contributed by atoms with Crippen molar-refractivity contribution in [3.63, 3.8) is 0 Å². The Balaban J connectivity index is 1.68. The van der Waals surface area contributed by atoms with Crippen molar-refractivity contribution in [2.75, 3.05) is 18.5 Å². The predicted molar refractivity (Wildman–Crippen MR) is 75.2 cm³/mol. The molecular formula is C13H16N4O4. The second kappa shape index (κ2) is 6.04. The standard InChI is InChI=1S/C13H16N4O4/c18-17(19)11-5-4-10(12-13(11)16-21-15-12)14-7-6-9-3-1-2-8-20-9/h4-5,9,14H,1-3,6-8H2. The van der Waals surface area contributed by atoms with Crippen LogP contribution >= 0.6 is 0 Å². The topological polar surface area (TPSA) is 103 Å². The minimum atomic E-state index is -0.494. The van der Waals surface area contributed by atoms with E-state index in [1.165, 1.54) is 12.5 Å². The van der Waals surface area contributed by atoms with Crippen LogP contribution < -0.4 is 5.32 Å². The highest BCUT2D eigenvalue weighted by Crippen LogP contribution is 2.28. The molecule has 1 atom stereocenters. The van der Waals surface area contributed by atoms with Gasteiger partial charge in [-0.05, 0) is 42.1 Å². The number of nitrogens with one attached hydrogen (secondary N) is 1. The van der Waals surface area contributed by atoms with E-state index in [4.69, 9.17) is 4.74 Å². The van der Waals surface area contributed by atoms with Crippen molar-refractivity contribution in [3.8, 4) is 0 Å². The van der Waals surface area contributed by atoms with E-state index in [0.29, 0.717) is 17.7 Å². The molecule has 21 heavy (non-hydrogen) atoms. The van der Waals surface area contributed by atoms with Crippen LogP contribution in [-0.4, -0.2) is 34.5 Å². The lowest BCUT2D eigenvalue weighted by Crippen LogP contribution is -2.22. The lowest BCUT2D eigenvalue weighted by molar-refractivity contribution is -0.383. The largest absolute Gasteiger partial charge is 0.383 e. The van der Waals surface area contributed by atoms with E-state index < -0.39 is 4.92 Å². The monoisotopic (exact) mass is 292 g/mol. The van der Waals surface area contributed by atoms with Gasteiger partial charge >= 0.3 is 5.69 Å². The molecule has 1 saturated heterocycles. The zero-order chi connectivity index (χ0) is 14.7. The van der Waals surface area contributed by atoms with Crippen LogP contribution in [-0.2, 0) is 4.74 Å². The third kappa shape index (κ3) is 2.94. The summed E-state index contributed by atoms with van der Waals surface area (Å²) in [7, 11) is 0. The number of rotatable bonds is 5. The Labute approximate surface area is 120 Å². The molecule has 2 heterocycles. The number of hydrogen-bond donors (Lipinski definition) is 1. The minimum absolute atomic E-state index is 0.104. The maximum absolute atomic E-state index is 10.9. The van der Waals surface area contributed by atoms with E-state index in [-0.39, 0.29) is 17.3 Å².